The van der Waals surface area contributed by atoms with Gasteiger partial charge in [0.05, 0.1) is 13.7 Å². The minimum Gasteiger partial charge on any atom is -0.497 e. The van der Waals surface area contributed by atoms with Crippen molar-refractivity contribution in [2.75, 3.05) is 13.7 Å². The highest BCUT2D eigenvalue weighted by Crippen LogP contribution is 2.23. The van der Waals surface area contributed by atoms with E-state index in [1.165, 1.54) is 6.08 Å². The number of methoxy groups -OCH3 is 1. The summed E-state index contributed by atoms with van der Waals surface area (Å²) < 4.78 is 10.7. The highest BCUT2D eigenvalue weighted by molar-refractivity contribution is 9.10. The van der Waals surface area contributed by atoms with Crippen LogP contribution in [0.5, 0.6) is 5.75 Å². The summed E-state index contributed by atoms with van der Waals surface area (Å²) in [7, 11) is 1.61. The fourth-order valence-electron chi connectivity index (χ4n) is 1.12. The van der Waals surface area contributed by atoms with Crippen LogP contribution < -0.4 is 4.74 Å². The maximum Gasteiger partial charge on any atom is 0.330 e. The molecule has 0 aliphatic heterocycles. The number of carbonyl (C=O) groups excluding carboxylic acids is 1. The van der Waals surface area contributed by atoms with Crippen LogP contribution in [0.15, 0.2) is 28.7 Å². The van der Waals surface area contributed by atoms with Gasteiger partial charge in [-0.15, -0.1) is 0 Å². The molecular formula is C12H13BrO3. The van der Waals surface area contributed by atoms with Crippen LogP contribution in [0.25, 0.3) is 6.08 Å². The van der Waals surface area contributed by atoms with E-state index in [2.05, 4.69) is 15.9 Å². The molecule has 0 aliphatic rings. The number of ether oxygens (including phenoxy) is 2. The zero-order valence-corrected chi connectivity index (χ0v) is 10.8. The molecule has 0 atom stereocenters. The first-order chi connectivity index (χ1) is 7.67. The highest BCUT2D eigenvalue weighted by Gasteiger charge is 2.00. The normalized spacial score (nSPS) is 10.4. The van der Waals surface area contributed by atoms with Crippen LogP contribution in [0.1, 0.15) is 12.5 Å². The number of rotatable bonds is 4. The summed E-state index contributed by atoms with van der Waals surface area (Å²) in [6, 6.07) is 5.53. The molecular weight excluding hydrogens is 272 g/mol. The summed E-state index contributed by atoms with van der Waals surface area (Å²) in [4.78, 5) is 11.1. The summed E-state index contributed by atoms with van der Waals surface area (Å²) in [6.45, 7) is 2.15. The smallest absolute Gasteiger partial charge is 0.330 e. The molecule has 0 saturated heterocycles. The second kappa shape index (κ2) is 6.33. The van der Waals surface area contributed by atoms with E-state index in [4.69, 9.17) is 9.47 Å². The Bertz CT molecular complexity index is 399. The first-order valence-electron chi connectivity index (χ1n) is 4.85. The van der Waals surface area contributed by atoms with Crippen LogP contribution in [0.4, 0.5) is 0 Å². The number of hydrogen-bond acceptors (Lipinski definition) is 3. The second-order valence-corrected chi connectivity index (χ2v) is 3.83. The minimum absolute atomic E-state index is 0.342. The van der Waals surface area contributed by atoms with Gasteiger partial charge in [-0.1, -0.05) is 22.0 Å². The summed E-state index contributed by atoms with van der Waals surface area (Å²) in [5, 5.41) is 0. The predicted molar refractivity (Wildman–Crippen MR) is 66.4 cm³/mol. The largest absolute Gasteiger partial charge is 0.497 e. The van der Waals surface area contributed by atoms with Crippen molar-refractivity contribution < 1.29 is 14.3 Å². The van der Waals surface area contributed by atoms with Gasteiger partial charge in [0.25, 0.3) is 0 Å². The first-order valence-corrected chi connectivity index (χ1v) is 5.65. The van der Waals surface area contributed by atoms with Crippen LogP contribution in [0, 0.1) is 0 Å². The lowest BCUT2D eigenvalue weighted by atomic mass is 10.2. The van der Waals surface area contributed by atoms with Crippen molar-refractivity contribution in [3.63, 3.8) is 0 Å². The van der Waals surface area contributed by atoms with Gasteiger partial charge in [-0.05, 0) is 30.7 Å². The van der Waals surface area contributed by atoms with E-state index in [1.807, 2.05) is 18.2 Å². The molecule has 0 aliphatic carbocycles. The third-order valence-corrected chi connectivity index (χ3v) is 2.58. The standard InChI is InChI=1S/C12H13BrO3/c1-3-16-12(14)7-5-9-4-6-10(15-2)8-11(9)13/h4-8H,3H2,1-2H3. The molecule has 1 rings (SSSR count). The summed E-state index contributed by atoms with van der Waals surface area (Å²) in [5.74, 6) is 0.422. The topological polar surface area (TPSA) is 35.5 Å². The van der Waals surface area contributed by atoms with Gasteiger partial charge in [0, 0.05) is 10.5 Å². The molecule has 0 radical (unpaired) electrons. The summed E-state index contributed by atoms with van der Waals surface area (Å²) in [5.41, 5.74) is 0.897. The molecule has 86 valence electrons. The van der Waals surface area contributed by atoms with Gasteiger partial charge in [0.15, 0.2) is 0 Å². The Morgan fingerprint density at radius 2 is 2.25 bits per heavy atom. The molecule has 0 aromatic heterocycles. The van der Waals surface area contributed by atoms with E-state index < -0.39 is 0 Å². The van der Waals surface area contributed by atoms with E-state index in [0.29, 0.717) is 6.61 Å². The van der Waals surface area contributed by atoms with Crippen LogP contribution in [0.2, 0.25) is 0 Å². The Morgan fingerprint density at radius 1 is 1.50 bits per heavy atom. The highest BCUT2D eigenvalue weighted by atomic mass is 79.9. The second-order valence-electron chi connectivity index (χ2n) is 2.97. The third kappa shape index (κ3) is 3.70. The van der Waals surface area contributed by atoms with Gasteiger partial charge in [-0.3, -0.25) is 0 Å². The average Bonchev–Trinajstić information content (AvgIpc) is 2.27. The molecule has 3 nitrogen and oxygen atoms in total. The Labute approximate surface area is 103 Å². The molecule has 0 bridgehead atoms. The number of hydrogen-bond donors (Lipinski definition) is 0. The molecule has 16 heavy (non-hydrogen) atoms. The van der Waals surface area contributed by atoms with Gasteiger partial charge in [0.1, 0.15) is 5.75 Å². The Balaban J connectivity index is 2.78. The number of benzene rings is 1. The van der Waals surface area contributed by atoms with Crippen molar-refractivity contribution in [3.05, 3.63) is 34.3 Å². The van der Waals surface area contributed by atoms with Gasteiger partial charge in [-0.2, -0.15) is 0 Å². The number of carbonyl (C=O) groups is 1. The van der Waals surface area contributed by atoms with Crippen molar-refractivity contribution in [2.24, 2.45) is 0 Å². The van der Waals surface area contributed by atoms with E-state index in [9.17, 15) is 4.79 Å². The fraction of sp³-hybridized carbons (Fsp3) is 0.250. The Hall–Kier alpha value is -1.29. The number of esters is 1. The van der Waals surface area contributed by atoms with Crippen LogP contribution in [0.3, 0.4) is 0 Å². The van der Waals surface area contributed by atoms with E-state index in [1.54, 1.807) is 20.1 Å². The van der Waals surface area contributed by atoms with Gasteiger partial charge in [-0.25, -0.2) is 4.79 Å². The molecule has 0 N–H and O–H groups in total. The lowest BCUT2D eigenvalue weighted by Crippen LogP contribution is -1.98. The summed E-state index contributed by atoms with van der Waals surface area (Å²) >= 11 is 3.39. The molecule has 0 unspecified atom stereocenters. The Kier molecular flexibility index (Phi) is 5.05. The van der Waals surface area contributed by atoms with Crippen LogP contribution >= 0.6 is 15.9 Å². The monoisotopic (exact) mass is 284 g/mol. The molecule has 4 heteroatoms. The maximum atomic E-state index is 11.1. The maximum absolute atomic E-state index is 11.1. The number of halogens is 1. The quantitative estimate of drug-likeness (QED) is 0.630. The SMILES string of the molecule is CCOC(=O)C=Cc1ccc(OC)cc1Br. The molecule has 0 saturated carbocycles. The summed E-state index contributed by atoms with van der Waals surface area (Å²) in [6.07, 6.45) is 3.09. The van der Waals surface area contributed by atoms with Crippen molar-refractivity contribution in [2.45, 2.75) is 6.92 Å². The molecule has 0 fully saturated rings. The lowest BCUT2D eigenvalue weighted by Gasteiger charge is -2.02. The molecule has 1 aromatic rings. The molecule has 1 aromatic carbocycles. The van der Waals surface area contributed by atoms with Gasteiger partial charge in [0.2, 0.25) is 0 Å². The zero-order valence-electron chi connectivity index (χ0n) is 9.20. The Morgan fingerprint density at radius 3 is 2.81 bits per heavy atom. The lowest BCUT2D eigenvalue weighted by molar-refractivity contribution is -0.137. The van der Waals surface area contributed by atoms with Crippen LogP contribution in [-0.4, -0.2) is 19.7 Å². The van der Waals surface area contributed by atoms with E-state index in [0.717, 1.165) is 15.8 Å². The van der Waals surface area contributed by atoms with Crippen molar-refractivity contribution in [3.8, 4) is 5.75 Å². The molecule has 0 heterocycles. The average molecular weight is 285 g/mol. The fourth-order valence-corrected chi connectivity index (χ4v) is 1.61. The third-order valence-electron chi connectivity index (χ3n) is 1.89. The van der Waals surface area contributed by atoms with E-state index >= 15 is 0 Å². The van der Waals surface area contributed by atoms with Crippen LogP contribution in [-0.2, 0) is 9.53 Å². The zero-order chi connectivity index (χ0) is 12.0. The van der Waals surface area contributed by atoms with Crippen molar-refractivity contribution in [1.29, 1.82) is 0 Å². The van der Waals surface area contributed by atoms with Crippen molar-refractivity contribution >= 4 is 28.0 Å². The van der Waals surface area contributed by atoms with E-state index in [-0.39, 0.29) is 5.97 Å². The van der Waals surface area contributed by atoms with Gasteiger partial charge >= 0.3 is 5.97 Å². The van der Waals surface area contributed by atoms with Gasteiger partial charge < -0.3 is 9.47 Å². The minimum atomic E-state index is -0.342. The predicted octanol–water partition coefficient (Wildman–Crippen LogP) is 3.03. The first kappa shape index (κ1) is 12.8. The van der Waals surface area contributed by atoms with Crippen molar-refractivity contribution in [1.82, 2.24) is 0 Å². The molecule has 0 spiro atoms. The molecule has 0 amide bonds.